The molecule has 0 aliphatic heterocycles. The zero-order valence-electron chi connectivity index (χ0n) is 8.37. The number of rotatable bonds is 8. The van der Waals surface area contributed by atoms with E-state index in [1.807, 2.05) is 0 Å². The Hall–Kier alpha value is -0.138. The van der Waals surface area contributed by atoms with Gasteiger partial charge in [-0.1, -0.05) is 19.3 Å². The first-order valence-electron chi connectivity index (χ1n) is 4.56. The normalized spacial score (nSPS) is 9.14. The molecule has 0 amide bonds. The number of unbranched alkanes of at least 4 members (excludes halogenated alkanes) is 4. The van der Waals surface area contributed by atoms with Gasteiger partial charge in [0.25, 0.3) is 0 Å². The predicted molar refractivity (Wildman–Crippen MR) is 47.6 cm³/mol. The van der Waals surface area contributed by atoms with Gasteiger partial charge in [-0.25, -0.2) is 0 Å². The maximum atomic E-state index is 10.1. The molecule has 0 aromatic rings. The van der Waals surface area contributed by atoms with Crippen LogP contribution < -0.4 is 0 Å². The van der Waals surface area contributed by atoms with E-state index >= 15 is 0 Å². The molecule has 0 unspecified atom stereocenters. The van der Waals surface area contributed by atoms with Gasteiger partial charge in [0.15, 0.2) is 0 Å². The Morgan fingerprint density at radius 3 is 1.29 bits per heavy atom. The van der Waals surface area contributed by atoms with E-state index in [4.69, 9.17) is 10.2 Å². The van der Waals surface area contributed by atoms with Gasteiger partial charge in [-0.05, 0) is 12.8 Å². The molecule has 78 valence electrons. The minimum absolute atomic E-state index is 0. The first kappa shape index (κ1) is 16.3. The zero-order valence-corrected chi connectivity index (χ0v) is 12.4. The molecule has 4 nitrogen and oxygen atoms in total. The van der Waals surface area contributed by atoms with Crippen LogP contribution in [0.15, 0.2) is 0 Å². The van der Waals surface area contributed by atoms with Crippen molar-refractivity contribution >= 4 is 11.9 Å². The fraction of sp³-hybridized carbons (Fsp3) is 0.778. The van der Waals surface area contributed by atoms with E-state index in [1.54, 1.807) is 0 Å². The zero-order chi connectivity index (χ0) is 10.1. The fourth-order valence-corrected chi connectivity index (χ4v) is 1.08. The molecular formula is C9H16CdO4. The molecule has 0 atom stereocenters. The second-order valence-electron chi connectivity index (χ2n) is 3.06. The van der Waals surface area contributed by atoms with Crippen LogP contribution in [0.3, 0.4) is 0 Å². The molecule has 0 heterocycles. The van der Waals surface area contributed by atoms with Crippen LogP contribution in [0.4, 0.5) is 0 Å². The van der Waals surface area contributed by atoms with Crippen LogP contribution in [0, 0.1) is 0 Å². The fourth-order valence-electron chi connectivity index (χ4n) is 1.08. The van der Waals surface area contributed by atoms with Crippen molar-refractivity contribution in [2.75, 3.05) is 0 Å². The number of carboxylic acid groups (broad SMARTS) is 2. The summed E-state index contributed by atoms with van der Waals surface area (Å²) < 4.78 is 0. The molecule has 5 heteroatoms. The summed E-state index contributed by atoms with van der Waals surface area (Å²) >= 11 is 0. The Balaban J connectivity index is 0. The molecule has 0 bridgehead atoms. The van der Waals surface area contributed by atoms with Gasteiger partial charge >= 0.3 is 11.9 Å². The molecular weight excluding hydrogens is 285 g/mol. The third-order valence-corrected chi connectivity index (χ3v) is 1.78. The Labute approximate surface area is 104 Å². The minimum Gasteiger partial charge on any atom is -0.481 e. The molecule has 2 N–H and O–H groups in total. The van der Waals surface area contributed by atoms with Crippen LogP contribution in [0.5, 0.6) is 0 Å². The van der Waals surface area contributed by atoms with Crippen molar-refractivity contribution in [3.8, 4) is 0 Å². The summed E-state index contributed by atoms with van der Waals surface area (Å²) in [5, 5.41) is 16.6. The van der Waals surface area contributed by atoms with E-state index in [0.29, 0.717) is 12.8 Å². The Bertz CT molecular complexity index is 152. The van der Waals surface area contributed by atoms with Crippen LogP contribution in [-0.2, 0) is 36.9 Å². The number of carboxylic acids is 2. The molecule has 0 aliphatic rings. The van der Waals surface area contributed by atoms with Gasteiger partial charge in [0.1, 0.15) is 0 Å². The maximum absolute atomic E-state index is 10.1. The molecule has 0 spiro atoms. The van der Waals surface area contributed by atoms with E-state index in [2.05, 4.69) is 0 Å². The molecule has 0 rings (SSSR count). The van der Waals surface area contributed by atoms with E-state index in [1.165, 1.54) is 0 Å². The van der Waals surface area contributed by atoms with E-state index < -0.39 is 11.9 Å². The van der Waals surface area contributed by atoms with Crippen molar-refractivity contribution in [3.05, 3.63) is 0 Å². The van der Waals surface area contributed by atoms with Gasteiger partial charge in [-0.15, -0.1) is 0 Å². The molecule has 0 aromatic heterocycles. The van der Waals surface area contributed by atoms with E-state index in [9.17, 15) is 9.59 Å². The second-order valence-corrected chi connectivity index (χ2v) is 3.06. The summed E-state index contributed by atoms with van der Waals surface area (Å²) in [7, 11) is 0. The third-order valence-electron chi connectivity index (χ3n) is 1.78. The van der Waals surface area contributed by atoms with Crippen LogP contribution in [0.2, 0.25) is 0 Å². The van der Waals surface area contributed by atoms with Gasteiger partial charge in [0, 0.05) is 40.1 Å². The Morgan fingerprint density at radius 1 is 0.714 bits per heavy atom. The largest absolute Gasteiger partial charge is 0.481 e. The van der Waals surface area contributed by atoms with Gasteiger partial charge in [0.05, 0.1) is 0 Å². The summed E-state index contributed by atoms with van der Waals surface area (Å²) in [5.41, 5.74) is 0. The molecule has 0 fully saturated rings. The topological polar surface area (TPSA) is 74.6 Å². The average Bonchev–Trinajstić information content (AvgIpc) is 2.01. The monoisotopic (exact) mass is 302 g/mol. The van der Waals surface area contributed by atoms with Gasteiger partial charge in [-0.2, -0.15) is 0 Å². The number of carbonyl (C=O) groups is 2. The van der Waals surface area contributed by atoms with Gasteiger partial charge in [0.2, 0.25) is 0 Å². The second kappa shape index (κ2) is 10.9. The van der Waals surface area contributed by atoms with Crippen LogP contribution in [0.1, 0.15) is 44.9 Å². The number of aliphatic carboxylic acids is 2. The summed E-state index contributed by atoms with van der Waals surface area (Å²) in [6, 6.07) is 0. The van der Waals surface area contributed by atoms with E-state index in [-0.39, 0.29) is 40.1 Å². The summed E-state index contributed by atoms with van der Waals surface area (Å²) in [6.45, 7) is 0. The van der Waals surface area contributed by atoms with Crippen LogP contribution in [-0.4, -0.2) is 22.2 Å². The summed E-state index contributed by atoms with van der Waals surface area (Å²) in [4.78, 5) is 20.2. The summed E-state index contributed by atoms with van der Waals surface area (Å²) in [6.07, 6.45) is 4.53. The molecule has 0 saturated carbocycles. The molecule has 0 aromatic carbocycles. The Kier molecular flexibility index (Phi) is 12.7. The Morgan fingerprint density at radius 2 is 1.00 bits per heavy atom. The van der Waals surface area contributed by atoms with Crippen molar-refractivity contribution in [1.82, 2.24) is 0 Å². The van der Waals surface area contributed by atoms with Crippen molar-refractivity contribution in [1.29, 1.82) is 0 Å². The van der Waals surface area contributed by atoms with Crippen LogP contribution >= 0.6 is 0 Å². The molecule has 0 saturated heterocycles. The van der Waals surface area contributed by atoms with Crippen LogP contribution in [0.25, 0.3) is 0 Å². The van der Waals surface area contributed by atoms with E-state index in [0.717, 1.165) is 19.3 Å². The summed E-state index contributed by atoms with van der Waals surface area (Å²) in [5.74, 6) is -1.52. The smallest absolute Gasteiger partial charge is 0.303 e. The average molecular weight is 301 g/mol. The molecule has 0 radical (unpaired) electrons. The number of hydrogen-bond acceptors (Lipinski definition) is 2. The van der Waals surface area contributed by atoms with Crippen molar-refractivity contribution in [3.63, 3.8) is 0 Å². The van der Waals surface area contributed by atoms with Crippen molar-refractivity contribution in [2.24, 2.45) is 0 Å². The standard InChI is InChI=1S/C9H16O4.Cd/c10-8(11)6-4-2-1-3-5-7-9(12)13;/h1-7H2,(H,10,11)(H,12,13);. The van der Waals surface area contributed by atoms with Crippen molar-refractivity contribution < 1.29 is 47.1 Å². The predicted octanol–water partition coefficient (Wildman–Crippen LogP) is 1.88. The SMILES string of the molecule is O=C(O)CCCCCCCC(=O)O.[Cd]. The first-order chi connectivity index (χ1) is 6.13. The molecule has 14 heavy (non-hydrogen) atoms. The molecule has 0 aliphatic carbocycles. The first-order valence-corrected chi connectivity index (χ1v) is 4.56. The minimum atomic E-state index is -0.759. The van der Waals surface area contributed by atoms with Gasteiger partial charge in [-0.3, -0.25) is 9.59 Å². The van der Waals surface area contributed by atoms with Crippen molar-refractivity contribution in [2.45, 2.75) is 44.9 Å². The quantitative estimate of drug-likeness (QED) is 0.530. The maximum Gasteiger partial charge on any atom is 0.303 e. The van der Waals surface area contributed by atoms with Gasteiger partial charge < -0.3 is 10.2 Å². The third kappa shape index (κ3) is 14.4. The number of hydrogen-bond donors (Lipinski definition) is 2.